The van der Waals surface area contributed by atoms with E-state index in [0.717, 1.165) is 17.8 Å². The normalized spacial score (nSPS) is 10.8. The lowest BCUT2D eigenvalue weighted by molar-refractivity contribution is 0.840. The Balaban J connectivity index is 2.53. The van der Waals surface area contributed by atoms with E-state index in [4.69, 9.17) is 11.6 Å². The predicted molar refractivity (Wildman–Crippen MR) is 67.4 cm³/mol. The van der Waals surface area contributed by atoms with Crippen LogP contribution in [-0.4, -0.2) is 9.78 Å². The monoisotopic (exact) mass is 234 g/mol. The average Bonchev–Trinajstić information content (AvgIpc) is 2.58. The minimum atomic E-state index is 0.668. The van der Waals surface area contributed by atoms with Crippen molar-refractivity contribution < 1.29 is 0 Å². The van der Waals surface area contributed by atoms with E-state index < -0.39 is 0 Å². The molecule has 0 saturated heterocycles. The Morgan fingerprint density at radius 3 is 2.25 bits per heavy atom. The molecule has 0 atom stereocenters. The molecule has 0 amide bonds. The van der Waals surface area contributed by atoms with E-state index in [1.54, 1.807) is 4.68 Å². The first-order chi connectivity index (χ1) is 7.60. The summed E-state index contributed by atoms with van der Waals surface area (Å²) in [5.41, 5.74) is 4.49. The van der Waals surface area contributed by atoms with Crippen molar-refractivity contribution in [3.63, 3.8) is 0 Å². The molecule has 0 bridgehead atoms. The van der Waals surface area contributed by atoms with Crippen LogP contribution >= 0.6 is 11.6 Å². The van der Waals surface area contributed by atoms with Crippen molar-refractivity contribution in [3.05, 3.63) is 46.2 Å². The maximum Gasteiger partial charge on any atom is 0.133 e. The molecule has 2 rings (SSSR count). The number of nitrogens with zero attached hydrogens (tertiary/aromatic N) is 2. The molecule has 1 heterocycles. The Morgan fingerprint density at radius 1 is 1.12 bits per heavy atom. The zero-order valence-electron chi connectivity index (χ0n) is 9.79. The van der Waals surface area contributed by atoms with Crippen LogP contribution in [-0.2, 0) is 6.42 Å². The number of hydrogen-bond donors (Lipinski definition) is 0. The van der Waals surface area contributed by atoms with Gasteiger partial charge >= 0.3 is 0 Å². The van der Waals surface area contributed by atoms with Gasteiger partial charge in [-0.2, -0.15) is 5.10 Å². The number of hydrogen-bond acceptors (Lipinski definition) is 1. The van der Waals surface area contributed by atoms with Gasteiger partial charge in [0.2, 0.25) is 0 Å². The highest BCUT2D eigenvalue weighted by molar-refractivity contribution is 6.29. The Bertz CT molecular complexity index is 494. The van der Waals surface area contributed by atoms with Gasteiger partial charge in [-0.15, -0.1) is 0 Å². The minimum Gasteiger partial charge on any atom is -0.222 e. The van der Waals surface area contributed by atoms with E-state index >= 15 is 0 Å². The van der Waals surface area contributed by atoms with E-state index in [9.17, 15) is 0 Å². The number of aromatic nitrogens is 2. The number of halogens is 1. The second-order valence-electron chi connectivity index (χ2n) is 4.07. The molecule has 3 heteroatoms. The van der Waals surface area contributed by atoms with E-state index in [-0.39, 0.29) is 0 Å². The summed E-state index contributed by atoms with van der Waals surface area (Å²) in [6, 6.07) is 8.23. The van der Waals surface area contributed by atoms with Crippen LogP contribution in [0, 0.1) is 13.8 Å². The molecule has 0 N–H and O–H groups in total. The molecule has 0 aliphatic heterocycles. The number of benzene rings is 1. The summed E-state index contributed by atoms with van der Waals surface area (Å²) in [7, 11) is 0. The van der Waals surface area contributed by atoms with E-state index in [0.29, 0.717) is 5.15 Å². The highest BCUT2D eigenvalue weighted by Gasteiger charge is 2.07. The molecule has 2 nitrogen and oxygen atoms in total. The average molecular weight is 235 g/mol. The highest BCUT2D eigenvalue weighted by atomic mass is 35.5. The van der Waals surface area contributed by atoms with Gasteiger partial charge in [0.25, 0.3) is 0 Å². The molecule has 0 aliphatic rings. The lowest BCUT2D eigenvalue weighted by atomic mass is 10.1. The maximum absolute atomic E-state index is 6.16. The fourth-order valence-corrected chi connectivity index (χ4v) is 2.09. The van der Waals surface area contributed by atoms with Crippen LogP contribution in [0.15, 0.2) is 24.3 Å². The smallest absolute Gasteiger partial charge is 0.133 e. The van der Waals surface area contributed by atoms with Crippen molar-refractivity contribution in [2.24, 2.45) is 0 Å². The molecule has 2 aromatic rings. The van der Waals surface area contributed by atoms with Crippen LogP contribution in [0.3, 0.4) is 0 Å². The van der Waals surface area contributed by atoms with Crippen LogP contribution in [0.5, 0.6) is 0 Å². The van der Waals surface area contributed by atoms with Gasteiger partial charge in [-0.3, -0.25) is 0 Å². The summed E-state index contributed by atoms with van der Waals surface area (Å²) in [5, 5.41) is 5.13. The summed E-state index contributed by atoms with van der Waals surface area (Å²) in [5.74, 6) is 0. The first-order valence-corrected chi connectivity index (χ1v) is 5.81. The zero-order valence-corrected chi connectivity index (χ0v) is 10.5. The van der Waals surface area contributed by atoms with Crippen molar-refractivity contribution in [1.29, 1.82) is 0 Å². The fourth-order valence-electron chi connectivity index (χ4n) is 1.83. The van der Waals surface area contributed by atoms with E-state index in [2.05, 4.69) is 44.1 Å². The summed E-state index contributed by atoms with van der Waals surface area (Å²) < 4.78 is 1.79. The van der Waals surface area contributed by atoms with Crippen LogP contribution < -0.4 is 0 Å². The molecular formula is C13H15ClN2. The molecule has 0 unspecified atom stereocenters. The van der Waals surface area contributed by atoms with Gasteiger partial charge in [0.1, 0.15) is 5.15 Å². The standard InChI is InChI=1S/C13H15ClN2/c1-4-11-8-13(14)16(15-11)12-6-9(2)5-10(3)7-12/h5-8H,4H2,1-3H3. The van der Waals surface area contributed by atoms with Gasteiger partial charge in [-0.05, 0) is 49.6 Å². The predicted octanol–water partition coefficient (Wildman–Crippen LogP) is 3.70. The van der Waals surface area contributed by atoms with Crippen LogP contribution in [0.25, 0.3) is 5.69 Å². The van der Waals surface area contributed by atoms with Crippen LogP contribution in [0.2, 0.25) is 5.15 Å². The van der Waals surface area contributed by atoms with Crippen molar-refractivity contribution >= 4 is 11.6 Å². The van der Waals surface area contributed by atoms with Crippen LogP contribution in [0.4, 0.5) is 0 Å². The highest BCUT2D eigenvalue weighted by Crippen LogP contribution is 2.19. The van der Waals surface area contributed by atoms with Crippen molar-refractivity contribution in [2.45, 2.75) is 27.2 Å². The van der Waals surface area contributed by atoms with Crippen LogP contribution in [0.1, 0.15) is 23.7 Å². The Hall–Kier alpha value is -1.28. The molecular weight excluding hydrogens is 220 g/mol. The van der Waals surface area contributed by atoms with Gasteiger partial charge in [-0.25, -0.2) is 4.68 Å². The SMILES string of the molecule is CCc1cc(Cl)n(-c2cc(C)cc(C)c2)n1. The fraction of sp³-hybridized carbons (Fsp3) is 0.308. The largest absolute Gasteiger partial charge is 0.222 e. The minimum absolute atomic E-state index is 0.668. The lowest BCUT2D eigenvalue weighted by Gasteiger charge is -2.06. The van der Waals surface area contributed by atoms with Gasteiger partial charge in [0.05, 0.1) is 11.4 Å². The quantitative estimate of drug-likeness (QED) is 0.775. The number of rotatable bonds is 2. The third-order valence-electron chi connectivity index (χ3n) is 2.53. The first kappa shape index (κ1) is 11.2. The maximum atomic E-state index is 6.16. The number of aryl methyl sites for hydroxylation is 3. The van der Waals surface area contributed by atoms with Crippen molar-refractivity contribution in [3.8, 4) is 5.69 Å². The summed E-state index contributed by atoms with van der Waals surface area (Å²) >= 11 is 6.16. The Kier molecular flexibility index (Phi) is 3.01. The topological polar surface area (TPSA) is 17.8 Å². The molecule has 1 aromatic carbocycles. The Morgan fingerprint density at radius 2 is 1.75 bits per heavy atom. The van der Waals surface area contributed by atoms with Gasteiger partial charge < -0.3 is 0 Å². The first-order valence-electron chi connectivity index (χ1n) is 5.43. The third-order valence-corrected chi connectivity index (χ3v) is 2.80. The molecule has 1 aromatic heterocycles. The van der Waals surface area contributed by atoms with Gasteiger partial charge in [0.15, 0.2) is 0 Å². The summed E-state index contributed by atoms with van der Waals surface area (Å²) in [6.07, 6.45) is 0.900. The third kappa shape index (κ3) is 2.12. The van der Waals surface area contributed by atoms with Crippen molar-refractivity contribution in [2.75, 3.05) is 0 Å². The molecule has 0 aliphatic carbocycles. The van der Waals surface area contributed by atoms with Gasteiger partial charge in [0, 0.05) is 0 Å². The molecule has 0 spiro atoms. The summed E-state index contributed by atoms with van der Waals surface area (Å²) in [6.45, 7) is 6.23. The molecule has 0 fully saturated rings. The molecule has 84 valence electrons. The second-order valence-corrected chi connectivity index (χ2v) is 4.46. The molecule has 0 radical (unpaired) electrons. The van der Waals surface area contributed by atoms with E-state index in [1.165, 1.54) is 11.1 Å². The Labute approximate surface area is 101 Å². The molecule has 16 heavy (non-hydrogen) atoms. The molecule has 0 saturated carbocycles. The lowest BCUT2D eigenvalue weighted by Crippen LogP contribution is -1.98. The van der Waals surface area contributed by atoms with E-state index in [1.807, 2.05) is 6.07 Å². The zero-order chi connectivity index (χ0) is 11.7. The summed E-state index contributed by atoms with van der Waals surface area (Å²) in [4.78, 5) is 0. The second kappa shape index (κ2) is 4.30. The van der Waals surface area contributed by atoms with Crippen molar-refractivity contribution in [1.82, 2.24) is 9.78 Å². The van der Waals surface area contributed by atoms with Gasteiger partial charge in [-0.1, -0.05) is 24.6 Å².